The van der Waals surface area contributed by atoms with Crippen LogP contribution in [0.4, 0.5) is 4.79 Å². The van der Waals surface area contributed by atoms with Crippen molar-refractivity contribution in [3.8, 4) is 11.1 Å². The predicted molar refractivity (Wildman–Crippen MR) is 128 cm³/mol. The molecular weight excluding hydrogens is 432 g/mol. The second-order valence-electron chi connectivity index (χ2n) is 10.5. The molecule has 0 bridgehead atoms. The number of ether oxygens (including phenoxy) is 1. The summed E-state index contributed by atoms with van der Waals surface area (Å²) in [5, 5.41) is 15.0. The molecular formula is C27H32N2O5. The van der Waals surface area contributed by atoms with Crippen LogP contribution in [0.15, 0.2) is 48.5 Å². The molecule has 2 aromatic carbocycles. The van der Waals surface area contributed by atoms with Gasteiger partial charge in [-0.05, 0) is 53.4 Å². The van der Waals surface area contributed by atoms with Gasteiger partial charge in [-0.3, -0.25) is 4.79 Å². The monoisotopic (exact) mass is 464 g/mol. The highest BCUT2D eigenvalue weighted by atomic mass is 16.5. The SMILES string of the molecule is CC(C)(C)C(NC(=O)C(C)(NC(=O)OCC1c2ccccc2-c2ccccc21)C1CC1)C(=O)O. The van der Waals surface area contributed by atoms with Crippen LogP contribution in [0.5, 0.6) is 0 Å². The third-order valence-corrected chi connectivity index (χ3v) is 6.96. The molecule has 34 heavy (non-hydrogen) atoms. The summed E-state index contributed by atoms with van der Waals surface area (Å²) in [5.41, 5.74) is 2.55. The Kier molecular flexibility index (Phi) is 6.14. The number of hydrogen-bond donors (Lipinski definition) is 3. The first kappa shape index (κ1) is 23.8. The van der Waals surface area contributed by atoms with Crippen LogP contribution in [0.3, 0.4) is 0 Å². The van der Waals surface area contributed by atoms with Gasteiger partial charge in [-0.2, -0.15) is 0 Å². The van der Waals surface area contributed by atoms with Gasteiger partial charge in [0.1, 0.15) is 18.2 Å². The molecule has 3 N–H and O–H groups in total. The number of amides is 2. The fourth-order valence-corrected chi connectivity index (χ4v) is 4.78. The number of carbonyl (C=O) groups excluding carboxylic acids is 2. The first-order valence-corrected chi connectivity index (χ1v) is 11.7. The average molecular weight is 465 g/mol. The standard InChI is InChI=1S/C27H32N2O5/c1-26(2,3)22(23(30)31)28-24(32)27(4,16-13-14-16)29-25(33)34-15-21-19-11-7-5-9-17(19)18-10-6-8-12-20(18)21/h5-12,16,21-22H,13-15H2,1-4H3,(H,28,32)(H,29,33)(H,30,31). The molecule has 0 aliphatic heterocycles. The van der Waals surface area contributed by atoms with Gasteiger partial charge in [-0.15, -0.1) is 0 Å². The summed E-state index contributed by atoms with van der Waals surface area (Å²) >= 11 is 0. The van der Waals surface area contributed by atoms with E-state index in [1.54, 1.807) is 27.7 Å². The molecule has 0 spiro atoms. The Balaban J connectivity index is 1.46. The number of benzene rings is 2. The number of aliphatic carboxylic acids is 1. The van der Waals surface area contributed by atoms with Crippen molar-refractivity contribution in [3.05, 3.63) is 59.7 Å². The van der Waals surface area contributed by atoms with E-state index in [9.17, 15) is 19.5 Å². The summed E-state index contributed by atoms with van der Waals surface area (Å²) in [4.78, 5) is 37.8. The van der Waals surface area contributed by atoms with E-state index in [4.69, 9.17) is 4.74 Å². The van der Waals surface area contributed by atoms with E-state index in [1.165, 1.54) is 0 Å². The first-order chi connectivity index (χ1) is 16.0. The third kappa shape index (κ3) is 4.52. The molecule has 2 aliphatic carbocycles. The minimum absolute atomic E-state index is 0.0672. The van der Waals surface area contributed by atoms with Crippen molar-refractivity contribution < 1.29 is 24.2 Å². The van der Waals surface area contributed by atoms with E-state index >= 15 is 0 Å². The number of alkyl carbamates (subject to hydrolysis) is 1. The Bertz CT molecular complexity index is 1070. The van der Waals surface area contributed by atoms with E-state index in [2.05, 4.69) is 22.8 Å². The maximum atomic E-state index is 13.2. The van der Waals surface area contributed by atoms with Crippen LogP contribution in [-0.2, 0) is 14.3 Å². The van der Waals surface area contributed by atoms with Crippen LogP contribution >= 0.6 is 0 Å². The summed E-state index contributed by atoms with van der Waals surface area (Å²) in [6.45, 7) is 7.03. The summed E-state index contributed by atoms with van der Waals surface area (Å²) in [5.74, 6) is -1.77. The Morgan fingerprint density at radius 3 is 1.97 bits per heavy atom. The molecule has 2 amide bonds. The van der Waals surface area contributed by atoms with Gasteiger partial charge in [0, 0.05) is 5.92 Å². The highest BCUT2D eigenvalue weighted by Gasteiger charge is 2.50. The maximum absolute atomic E-state index is 13.2. The Morgan fingerprint density at radius 1 is 0.971 bits per heavy atom. The molecule has 2 aromatic rings. The molecule has 2 aliphatic rings. The maximum Gasteiger partial charge on any atom is 0.408 e. The molecule has 1 fully saturated rings. The van der Waals surface area contributed by atoms with E-state index in [0.29, 0.717) is 0 Å². The highest BCUT2D eigenvalue weighted by molar-refractivity contribution is 5.93. The number of fused-ring (bicyclic) bond motifs is 3. The zero-order valence-corrected chi connectivity index (χ0v) is 20.1. The average Bonchev–Trinajstić information content (AvgIpc) is 3.59. The molecule has 2 atom stereocenters. The fourth-order valence-electron chi connectivity index (χ4n) is 4.78. The normalized spacial score (nSPS) is 17.6. The lowest BCUT2D eigenvalue weighted by atomic mass is 9.85. The van der Waals surface area contributed by atoms with Gasteiger partial charge in [0.2, 0.25) is 5.91 Å². The second kappa shape index (κ2) is 8.78. The molecule has 4 rings (SSSR count). The number of rotatable bonds is 7. The van der Waals surface area contributed by atoms with Crippen molar-refractivity contribution in [3.63, 3.8) is 0 Å². The Morgan fingerprint density at radius 2 is 1.50 bits per heavy atom. The zero-order valence-electron chi connectivity index (χ0n) is 20.1. The van der Waals surface area contributed by atoms with E-state index in [1.807, 2.05) is 36.4 Å². The molecule has 0 aromatic heterocycles. The lowest BCUT2D eigenvalue weighted by Gasteiger charge is -2.34. The minimum atomic E-state index is -1.25. The largest absolute Gasteiger partial charge is 0.480 e. The van der Waals surface area contributed by atoms with Crippen LogP contribution in [-0.4, -0.2) is 41.3 Å². The first-order valence-electron chi connectivity index (χ1n) is 11.7. The predicted octanol–water partition coefficient (Wildman–Crippen LogP) is 4.31. The quantitative estimate of drug-likeness (QED) is 0.566. The number of carboxylic acids is 1. The van der Waals surface area contributed by atoms with Gasteiger partial charge >= 0.3 is 12.1 Å². The fraction of sp³-hybridized carbons (Fsp3) is 0.444. The van der Waals surface area contributed by atoms with Gasteiger partial charge in [0.05, 0.1) is 0 Å². The van der Waals surface area contributed by atoms with Gasteiger partial charge in [-0.1, -0.05) is 69.3 Å². The van der Waals surface area contributed by atoms with Crippen LogP contribution in [0.1, 0.15) is 57.6 Å². The molecule has 7 heteroatoms. The molecule has 0 saturated heterocycles. The van der Waals surface area contributed by atoms with Gasteiger partial charge in [-0.25, -0.2) is 9.59 Å². The van der Waals surface area contributed by atoms with Crippen LogP contribution in [0.25, 0.3) is 11.1 Å². The van der Waals surface area contributed by atoms with E-state index < -0.39 is 35.0 Å². The smallest absolute Gasteiger partial charge is 0.408 e. The molecule has 1 saturated carbocycles. The summed E-state index contributed by atoms with van der Waals surface area (Å²) in [7, 11) is 0. The summed E-state index contributed by atoms with van der Waals surface area (Å²) in [6.07, 6.45) is 0.871. The second-order valence-corrected chi connectivity index (χ2v) is 10.5. The number of nitrogens with one attached hydrogen (secondary N) is 2. The van der Waals surface area contributed by atoms with Crippen molar-refractivity contribution in [1.82, 2.24) is 10.6 Å². The van der Waals surface area contributed by atoms with Crippen LogP contribution < -0.4 is 10.6 Å². The van der Waals surface area contributed by atoms with Gasteiger partial charge in [0.25, 0.3) is 0 Å². The van der Waals surface area contributed by atoms with E-state index in [-0.39, 0.29) is 18.4 Å². The van der Waals surface area contributed by atoms with E-state index in [0.717, 1.165) is 35.1 Å². The zero-order chi connectivity index (χ0) is 24.7. The van der Waals surface area contributed by atoms with Crippen molar-refractivity contribution in [2.24, 2.45) is 11.3 Å². The number of hydrogen-bond acceptors (Lipinski definition) is 4. The van der Waals surface area contributed by atoms with Crippen molar-refractivity contribution >= 4 is 18.0 Å². The Hall–Kier alpha value is -3.35. The summed E-state index contributed by atoms with van der Waals surface area (Å²) < 4.78 is 5.64. The van der Waals surface area contributed by atoms with Crippen LogP contribution in [0.2, 0.25) is 0 Å². The van der Waals surface area contributed by atoms with Crippen molar-refractivity contribution in [2.45, 2.75) is 58.0 Å². The third-order valence-electron chi connectivity index (χ3n) is 6.96. The molecule has 0 heterocycles. The van der Waals surface area contributed by atoms with Gasteiger partial charge < -0.3 is 20.5 Å². The minimum Gasteiger partial charge on any atom is -0.480 e. The molecule has 2 unspecified atom stereocenters. The summed E-state index contributed by atoms with van der Waals surface area (Å²) in [6, 6.07) is 15.1. The highest BCUT2D eigenvalue weighted by Crippen LogP contribution is 2.44. The molecule has 7 nitrogen and oxygen atoms in total. The lowest BCUT2D eigenvalue weighted by Crippen LogP contribution is -2.62. The van der Waals surface area contributed by atoms with Crippen molar-refractivity contribution in [2.75, 3.05) is 6.61 Å². The van der Waals surface area contributed by atoms with Crippen molar-refractivity contribution in [1.29, 1.82) is 0 Å². The Labute approximate surface area is 199 Å². The molecule has 180 valence electrons. The number of carboxylic acid groups (broad SMARTS) is 1. The molecule has 0 radical (unpaired) electrons. The lowest BCUT2D eigenvalue weighted by molar-refractivity contribution is -0.146. The van der Waals surface area contributed by atoms with Crippen LogP contribution in [0, 0.1) is 11.3 Å². The number of carbonyl (C=O) groups is 3. The topological polar surface area (TPSA) is 105 Å². The van der Waals surface area contributed by atoms with Gasteiger partial charge in [0.15, 0.2) is 0 Å².